The maximum absolute atomic E-state index is 12.1. The Morgan fingerprint density at radius 1 is 1.40 bits per heavy atom. The van der Waals surface area contributed by atoms with Crippen LogP contribution in [0.25, 0.3) is 17.2 Å². The van der Waals surface area contributed by atoms with E-state index in [1.165, 1.54) is 6.39 Å². The number of nitrogens with zero attached hydrogens (tertiary/aromatic N) is 2. The number of carbonyl (C=O) groups excluding carboxylic acids is 1. The second-order valence-electron chi connectivity index (χ2n) is 6.97. The van der Waals surface area contributed by atoms with Gasteiger partial charge in [0.2, 0.25) is 5.96 Å². The van der Waals surface area contributed by atoms with E-state index in [4.69, 9.17) is 9.15 Å². The van der Waals surface area contributed by atoms with Gasteiger partial charge in [0, 0.05) is 0 Å². The first-order valence-corrected chi connectivity index (χ1v) is 8.34. The Balaban J connectivity index is 1.48. The maximum atomic E-state index is 12.1. The minimum Gasteiger partial charge on any atom is -0.443 e. The Hall–Kier alpha value is -2.67. The van der Waals surface area contributed by atoms with Gasteiger partial charge in [0.05, 0.1) is 18.2 Å². The van der Waals surface area contributed by atoms with Crippen LogP contribution >= 0.6 is 0 Å². The maximum Gasteiger partial charge on any atom is 0.276 e. The van der Waals surface area contributed by atoms with E-state index >= 15 is 0 Å². The van der Waals surface area contributed by atoms with Crippen molar-refractivity contribution in [1.29, 1.82) is 0 Å². The number of rotatable bonds is 2. The fraction of sp³-hybridized carbons (Fsp3) is 0.389. The molecule has 25 heavy (non-hydrogen) atoms. The van der Waals surface area contributed by atoms with E-state index in [9.17, 15) is 4.79 Å². The van der Waals surface area contributed by atoms with E-state index in [2.05, 4.69) is 34.5 Å². The van der Waals surface area contributed by atoms with Crippen LogP contribution in [0, 0.1) is 0 Å². The lowest BCUT2D eigenvalue weighted by molar-refractivity contribution is -0.115. The fourth-order valence-electron chi connectivity index (χ4n) is 2.97. The molecule has 7 nitrogen and oxygen atoms in total. The predicted molar refractivity (Wildman–Crippen MR) is 93.8 cm³/mol. The third-order valence-electron chi connectivity index (χ3n) is 4.47. The normalized spacial score (nSPS) is 24.4. The average Bonchev–Trinajstić information content (AvgIpc) is 3.16. The molecule has 1 aromatic carbocycles. The number of nitrogens with one attached hydrogen (secondary N) is 2. The van der Waals surface area contributed by atoms with Gasteiger partial charge in [-0.2, -0.15) is 0 Å². The fourth-order valence-corrected chi connectivity index (χ4v) is 2.97. The second kappa shape index (κ2) is 6.00. The van der Waals surface area contributed by atoms with Crippen molar-refractivity contribution in [2.75, 3.05) is 6.61 Å². The van der Waals surface area contributed by atoms with E-state index in [1.807, 2.05) is 18.2 Å². The summed E-state index contributed by atoms with van der Waals surface area (Å²) in [6.07, 6.45) is 5.07. The summed E-state index contributed by atoms with van der Waals surface area (Å²) in [6.45, 7) is 4.78. The molecule has 1 atom stereocenters. The van der Waals surface area contributed by atoms with Gasteiger partial charge < -0.3 is 14.5 Å². The lowest BCUT2D eigenvalue weighted by Gasteiger charge is -2.35. The van der Waals surface area contributed by atoms with E-state index in [-0.39, 0.29) is 17.6 Å². The molecule has 2 aliphatic rings. The first-order valence-electron chi connectivity index (χ1n) is 8.34. The van der Waals surface area contributed by atoms with Crippen molar-refractivity contribution in [3.8, 4) is 0 Å². The van der Waals surface area contributed by atoms with E-state index in [0.29, 0.717) is 23.8 Å². The zero-order valence-corrected chi connectivity index (χ0v) is 14.2. The molecule has 0 radical (unpaired) electrons. The van der Waals surface area contributed by atoms with Gasteiger partial charge in [-0.25, -0.2) is 9.98 Å². The number of guanidine groups is 1. The van der Waals surface area contributed by atoms with Crippen molar-refractivity contribution in [2.45, 2.75) is 38.3 Å². The molecular weight excluding hydrogens is 320 g/mol. The molecule has 0 saturated carbocycles. The molecule has 1 unspecified atom stereocenters. The van der Waals surface area contributed by atoms with Gasteiger partial charge >= 0.3 is 0 Å². The predicted octanol–water partition coefficient (Wildman–Crippen LogP) is 2.20. The summed E-state index contributed by atoms with van der Waals surface area (Å²) in [7, 11) is 0. The molecule has 7 heteroatoms. The topological polar surface area (TPSA) is 88.8 Å². The molecule has 2 aromatic rings. The number of carbonyl (C=O) groups is 1. The smallest absolute Gasteiger partial charge is 0.276 e. The van der Waals surface area contributed by atoms with Crippen LogP contribution in [-0.2, 0) is 9.53 Å². The molecular formula is C18H20N4O3. The second-order valence-corrected chi connectivity index (χ2v) is 6.97. The van der Waals surface area contributed by atoms with Crippen molar-refractivity contribution in [3.63, 3.8) is 0 Å². The molecule has 1 amide bonds. The number of benzene rings is 1. The molecule has 1 saturated heterocycles. The number of ether oxygens (including phenoxy) is 1. The van der Waals surface area contributed by atoms with Gasteiger partial charge in [-0.3, -0.25) is 10.1 Å². The van der Waals surface area contributed by atoms with Gasteiger partial charge in [-0.15, -0.1) is 0 Å². The Kier molecular flexibility index (Phi) is 3.80. The number of fused-ring (bicyclic) bond motifs is 1. The first kappa shape index (κ1) is 15.8. The van der Waals surface area contributed by atoms with Gasteiger partial charge in [-0.05, 0) is 50.5 Å². The summed E-state index contributed by atoms with van der Waals surface area (Å²) in [5.74, 6) is 0.252. The molecule has 0 spiro atoms. The van der Waals surface area contributed by atoms with Crippen molar-refractivity contribution < 1.29 is 13.9 Å². The number of aliphatic imine (C=N–C) groups is 1. The summed E-state index contributed by atoms with van der Waals surface area (Å²) >= 11 is 0. The van der Waals surface area contributed by atoms with Gasteiger partial charge in [-0.1, -0.05) is 6.07 Å². The van der Waals surface area contributed by atoms with E-state index in [0.717, 1.165) is 23.9 Å². The van der Waals surface area contributed by atoms with Crippen LogP contribution in [0.2, 0.25) is 0 Å². The molecule has 130 valence electrons. The lowest BCUT2D eigenvalue weighted by atomic mass is 9.96. The lowest BCUT2D eigenvalue weighted by Crippen LogP contribution is -2.49. The molecule has 1 fully saturated rings. The Morgan fingerprint density at radius 3 is 3.08 bits per heavy atom. The first-order chi connectivity index (χ1) is 12.0. The molecule has 0 bridgehead atoms. The van der Waals surface area contributed by atoms with Crippen molar-refractivity contribution in [3.05, 3.63) is 35.9 Å². The zero-order valence-electron chi connectivity index (χ0n) is 14.2. The minimum atomic E-state index is -0.225. The summed E-state index contributed by atoms with van der Waals surface area (Å²) in [4.78, 5) is 20.6. The largest absolute Gasteiger partial charge is 0.443 e. The summed E-state index contributed by atoms with van der Waals surface area (Å²) in [6, 6.07) is 5.71. The molecule has 2 aliphatic heterocycles. The van der Waals surface area contributed by atoms with Crippen LogP contribution in [-0.4, -0.2) is 35.1 Å². The number of oxazole rings is 1. The Morgan fingerprint density at radius 2 is 2.28 bits per heavy atom. The van der Waals surface area contributed by atoms with Gasteiger partial charge in [0.1, 0.15) is 11.2 Å². The van der Waals surface area contributed by atoms with E-state index < -0.39 is 0 Å². The third kappa shape index (κ3) is 3.41. The monoisotopic (exact) mass is 340 g/mol. The van der Waals surface area contributed by atoms with Gasteiger partial charge in [0.15, 0.2) is 12.0 Å². The van der Waals surface area contributed by atoms with Crippen molar-refractivity contribution in [1.82, 2.24) is 15.6 Å². The summed E-state index contributed by atoms with van der Waals surface area (Å²) in [5.41, 5.74) is 2.57. The molecule has 1 aromatic heterocycles. The number of aromatic nitrogens is 1. The third-order valence-corrected chi connectivity index (χ3v) is 4.47. The van der Waals surface area contributed by atoms with Crippen LogP contribution in [0.1, 0.15) is 32.3 Å². The Labute approximate surface area is 145 Å². The highest BCUT2D eigenvalue weighted by Crippen LogP contribution is 2.24. The van der Waals surface area contributed by atoms with Gasteiger partial charge in [0.25, 0.3) is 5.91 Å². The van der Waals surface area contributed by atoms with Crippen LogP contribution in [0.4, 0.5) is 0 Å². The van der Waals surface area contributed by atoms with Crippen molar-refractivity contribution >= 4 is 29.0 Å². The minimum absolute atomic E-state index is 0.0800. The highest BCUT2D eigenvalue weighted by atomic mass is 16.5. The number of hydrogen-bond donors (Lipinski definition) is 2. The van der Waals surface area contributed by atoms with Crippen LogP contribution in [0.15, 0.2) is 39.7 Å². The number of hydrogen-bond acceptors (Lipinski definition) is 6. The summed E-state index contributed by atoms with van der Waals surface area (Å²) in [5, 5.41) is 6.02. The Bertz CT molecular complexity index is 871. The van der Waals surface area contributed by atoms with Crippen LogP contribution in [0.5, 0.6) is 0 Å². The summed E-state index contributed by atoms with van der Waals surface area (Å²) < 4.78 is 11.1. The van der Waals surface area contributed by atoms with Crippen LogP contribution in [0.3, 0.4) is 0 Å². The van der Waals surface area contributed by atoms with Crippen molar-refractivity contribution in [2.24, 2.45) is 4.99 Å². The highest BCUT2D eigenvalue weighted by Gasteiger charge is 2.29. The molecule has 0 aliphatic carbocycles. The molecule has 2 N–H and O–H groups in total. The quantitative estimate of drug-likeness (QED) is 0.818. The SMILES string of the molecule is CC1(C)CCC(NC2=N/C(=C\c3ccc4ncoc4c3)C(=O)N2)CO1. The molecule has 4 rings (SSSR count). The molecule has 3 heterocycles. The van der Waals surface area contributed by atoms with E-state index in [1.54, 1.807) is 6.08 Å². The number of amides is 1. The zero-order chi connectivity index (χ0) is 17.4. The average molecular weight is 340 g/mol. The van der Waals surface area contributed by atoms with Crippen LogP contribution < -0.4 is 10.6 Å². The highest BCUT2D eigenvalue weighted by molar-refractivity contribution is 6.13. The standard InChI is InChI=1S/C18H20N4O3/c1-18(2)6-5-12(9-25-18)20-17-21-14(16(23)22-17)7-11-3-4-13-15(8-11)24-10-19-13/h3-4,7-8,10,12H,5-6,9H2,1-2H3,(H2,20,21,22,23)/b14-7-.